The Balaban J connectivity index is 1.87. The van der Waals surface area contributed by atoms with E-state index in [1.807, 2.05) is 0 Å². The first-order valence-electron chi connectivity index (χ1n) is 7.15. The van der Waals surface area contributed by atoms with Crippen molar-refractivity contribution >= 4 is 40.8 Å². The van der Waals surface area contributed by atoms with Gasteiger partial charge in [-0.3, -0.25) is 9.59 Å². The van der Waals surface area contributed by atoms with E-state index in [9.17, 15) is 18.8 Å². The van der Waals surface area contributed by atoms with Gasteiger partial charge in [0.15, 0.2) is 6.61 Å². The zero-order chi connectivity index (χ0) is 18.4. The van der Waals surface area contributed by atoms with E-state index in [1.165, 1.54) is 31.2 Å². The van der Waals surface area contributed by atoms with E-state index in [1.54, 1.807) is 12.1 Å². The van der Waals surface area contributed by atoms with Crippen molar-refractivity contribution in [2.75, 3.05) is 17.2 Å². The van der Waals surface area contributed by atoms with Crippen LogP contribution in [0.3, 0.4) is 0 Å². The zero-order valence-corrected chi connectivity index (χ0v) is 13.9. The molecule has 0 saturated carbocycles. The van der Waals surface area contributed by atoms with Crippen molar-refractivity contribution in [2.45, 2.75) is 6.92 Å². The Morgan fingerprint density at radius 3 is 2.28 bits per heavy atom. The molecule has 2 N–H and O–H groups in total. The minimum atomic E-state index is -0.693. The molecule has 2 rings (SSSR count). The lowest BCUT2D eigenvalue weighted by molar-refractivity contribution is -0.119. The maximum atomic E-state index is 13.0. The highest BCUT2D eigenvalue weighted by molar-refractivity contribution is 6.31. The fourth-order valence-corrected chi connectivity index (χ4v) is 2.06. The molecule has 0 aliphatic heterocycles. The summed E-state index contributed by atoms with van der Waals surface area (Å²) in [4.78, 5) is 34.5. The predicted octanol–water partition coefficient (Wildman–Crippen LogP) is 3.23. The fourth-order valence-electron chi connectivity index (χ4n) is 1.88. The highest BCUT2D eigenvalue weighted by atomic mass is 35.5. The number of esters is 1. The summed E-state index contributed by atoms with van der Waals surface area (Å²) < 4.78 is 17.9. The van der Waals surface area contributed by atoms with Gasteiger partial charge in [-0.1, -0.05) is 11.6 Å². The van der Waals surface area contributed by atoms with Crippen molar-refractivity contribution < 1.29 is 23.5 Å². The van der Waals surface area contributed by atoms with Gasteiger partial charge in [0, 0.05) is 18.3 Å². The first-order chi connectivity index (χ1) is 11.8. The molecule has 0 saturated heterocycles. The third-order valence-corrected chi connectivity index (χ3v) is 3.27. The number of hydrogen-bond acceptors (Lipinski definition) is 4. The number of anilines is 2. The van der Waals surface area contributed by atoms with Gasteiger partial charge in [0.05, 0.1) is 10.6 Å². The molecule has 8 heteroatoms. The van der Waals surface area contributed by atoms with Crippen molar-refractivity contribution in [2.24, 2.45) is 0 Å². The summed E-state index contributed by atoms with van der Waals surface area (Å²) in [6.07, 6.45) is 0. The van der Waals surface area contributed by atoms with Crippen LogP contribution in [0, 0.1) is 5.82 Å². The molecule has 0 heterocycles. The summed E-state index contributed by atoms with van der Waals surface area (Å²) in [5, 5.41) is 4.87. The SMILES string of the molecule is CC(=O)Nc1ccc(C(=O)OCC(=O)Nc2ccc(F)c(Cl)c2)cc1. The van der Waals surface area contributed by atoms with Crippen molar-refractivity contribution in [1.82, 2.24) is 0 Å². The molecule has 0 fully saturated rings. The molecule has 2 amide bonds. The van der Waals surface area contributed by atoms with Gasteiger partial charge in [-0.25, -0.2) is 9.18 Å². The average Bonchev–Trinajstić information content (AvgIpc) is 2.56. The molecule has 2 aromatic rings. The Labute approximate surface area is 147 Å². The van der Waals surface area contributed by atoms with Crippen LogP contribution in [0.25, 0.3) is 0 Å². The Kier molecular flexibility index (Phi) is 6.08. The second-order valence-corrected chi connectivity index (χ2v) is 5.42. The summed E-state index contributed by atoms with van der Waals surface area (Å²) in [6, 6.07) is 9.70. The summed E-state index contributed by atoms with van der Waals surface area (Å²) in [5.41, 5.74) is 1.05. The predicted molar refractivity (Wildman–Crippen MR) is 91.1 cm³/mol. The number of carbonyl (C=O) groups excluding carboxylic acids is 3. The molecule has 0 unspecified atom stereocenters. The summed E-state index contributed by atoms with van der Waals surface area (Å²) in [6.45, 7) is 0.858. The van der Waals surface area contributed by atoms with Gasteiger partial charge < -0.3 is 15.4 Å². The molecule has 0 aliphatic carbocycles. The standard InChI is InChI=1S/C17H14ClFN2O4/c1-10(22)20-12-4-2-11(3-5-12)17(24)25-9-16(23)21-13-6-7-15(19)14(18)8-13/h2-8H,9H2,1H3,(H,20,22)(H,21,23). The number of benzene rings is 2. The summed E-state index contributed by atoms with van der Waals surface area (Å²) >= 11 is 5.61. The van der Waals surface area contributed by atoms with Crippen LogP contribution in [0.5, 0.6) is 0 Å². The molecule has 25 heavy (non-hydrogen) atoms. The molecule has 130 valence electrons. The molecule has 0 aliphatic rings. The van der Waals surface area contributed by atoms with E-state index < -0.39 is 24.3 Å². The quantitative estimate of drug-likeness (QED) is 0.798. The number of ether oxygens (including phenoxy) is 1. The van der Waals surface area contributed by atoms with Crippen LogP contribution < -0.4 is 10.6 Å². The fraction of sp³-hybridized carbons (Fsp3) is 0.118. The molecular formula is C17H14ClFN2O4. The van der Waals surface area contributed by atoms with E-state index >= 15 is 0 Å². The van der Waals surface area contributed by atoms with Crippen molar-refractivity contribution in [1.29, 1.82) is 0 Å². The topological polar surface area (TPSA) is 84.5 Å². The van der Waals surface area contributed by atoms with E-state index in [0.29, 0.717) is 5.69 Å². The monoisotopic (exact) mass is 364 g/mol. The van der Waals surface area contributed by atoms with Crippen LogP contribution >= 0.6 is 11.6 Å². The summed E-state index contributed by atoms with van der Waals surface area (Å²) in [5.74, 6) is -2.12. The van der Waals surface area contributed by atoms with Crippen LogP contribution in [-0.4, -0.2) is 24.4 Å². The van der Waals surface area contributed by atoms with Gasteiger partial charge in [-0.15, -0.1) is 0 Å². The summed E-state index contributed by atoms with van der Waals surface area (Å²) in [7, 11) is 0. The highest BCUT2D eigenvalue weighted by Crippen LogP contribution is 2.19. The van der Waals surface area contributed by atoms with Gasteiger partial charge in [-0.05, 0) is 42.5 Å². The largest absolute Gasteiger partial charge is 0.452 e. The third kappa shape index (κ3) is 5.58. The Hall–Kier alpha value is -2.93. The van der Waals surface area contributed by atoms with Gasteiger partial charge in [0.25, 0.3) is 5.91 Å². The lowest BCUT2D eigenvalue weighted by Crippen LogP contribution is -2.21. The molecule has 0 bridgehead atoms. The number of nitrogens with one attached hydrogen (secondary N) is 2. The molecule has 0 atom stereocenters. The zero-order valence-electron chi connectivity index (χ0n) is 13.1. The van der Waals surface area contributed by atoms with E-state index in [-0.39, 0.29) is 22.2 Å². The molecule has 0 radical (unpaired) electrons. The van der Waals surface area contributed by atoms with Crippen molar-refractivity contribution in [3.8, 4) is 0 Å². The van der Waals surface area contributed by atoms with Crippen LogP contribution in [0.2, 0.25) is 5.02 Å². The minimum absolute atomic E-state index is 0.131. The van der Waals surface area contributed by atoms with Crippen molar-refractivity contribution in [3.05, 3.63) is 58.9 Å². The molecule has 0 spiro atoms. The van der Waals surface area contributed by atoms with E-state index in [4.69, 9.17) is 16.3 Å². The maximum absolute atomic E-state index is 13.0. The first-order valence-corrected chi connectivity index (χ1v) is 7.52. The maximum Gasteiger partial charge on any atom is 0.338 e. The lowest BCUT2D eigenvalue weighted by atomic mass is 10.2. The van der Waals surface area contributed by atoms with Gasteiger partial charge in [0.1, 0.15) is 5.82 Å². The smallest absolute Gasteiger partial charge is 0.338 e. The van der Waals surface area contributed by atoms with E-state index in [2.05, 4.69) is 10.6 Å². The van der Waals surface area contributed by atoms with E-state index in [0.717, 1.165) is 6.07 Å². The highest BCUT2D eigenvalue weighted by Gasteiger charge is 2.11. The number of hydrogen-bond donors (Lipinski definition) is 2. The number of carbonyl (C=O) groups is 3. The molecule has 2 aromatic carbocycles. The van der Waals surface area contributed by atoms with Crippen LogP contribution in [0.4, 0.5) is 15.8 Å². The first kappa shape index (κ1) is 18.4. The second-order valence-electron chi connectivity index (χ2n) is 5.01. The Bertz CT molecular complexity index is 809. The lowest BCUT2D eigenvalue weighted by Gasteiger charge is -2.08. The van der Waals surface area contributed by atoms with Gasteiger partial charge in [-0.2, -0.15) is 0 Å². The number of halogens is 2. The molecule has 0 aromatic heterocycles. The van der Waals surface area contributed by atoms with Crippen molar-refractivity contribution in [3.63, 3.8) is 0 Å². The Morgan fingerprint density at radius 2 is 1.68 bits per heavy atom. The Morgan fingerprint density at radius 1 is 1.04 bits per heavy atom. The minimum Gasteiger partial charge on any atom is -0.452 e. The molecule has 6 nitrogen and oxygen atoms in total. The number of rotatable bonds is 5. The van der Waals surface area contributed by atoms with Gasteiger partial charge in [0.2, 0.25) is 5.91 Å². The van der Waals surface area contributed by atoms with Gasteiger partial charge >= 0.3 is 5.97 Å². The average molecular weight is 365 g/mol. The number of amides is 2. The van der Waals surface area contributed by atoms with Crippen LogP contribution in [-0.2, 0) is 14.3 Å². The molecular weight excluding hydrogens is 351 g/mol. The van der Waals surface area contributed by atoms with Crippen LogP contribution in [0.1, 0.15) is 17.3 Å². The van der Waals surface area contributed by atoms with Crippen LogP contribution in [0.15, 0.2) is 42.5 Å². The second kappa shape index (κ2) is 8.25. The normalized spacial score (nSPS) is 10.0. The third-order valence-electron chi connectivity index (χ3n) is 2.98.